The van der Waals surface area contributed by atoms with Crippen molar-refractivity contribution < 1.29 is 9.53 Å². The summed E-state index contributed by atoms with van der Waals surface area (Å²) in [7, 11) is 0. The zero-order valence-corrected chi connectivity index (χ0v) is 14.9. The van der Waals surface area contributed by atoms with Crippen LogP contribution in [0.4, 0.5) is 0 Å². The lowest BCUT2D eigenvalue weighted by atomic mass is 10.1. The van der Waals surface area contributed by atoms with E-state index in [1.807, 2.05) is 13.8 Å². The number of ether oxygens (including phenoxy) is 1. The molecule has 126 valence electrons. The Balaban J connectivity index is 1.73. The third kappa shape index (κ3) is 5.55. The number of hydrogen-bond donors (Lipinski definition) is 3. The first kappa shape index (κ1) is 17.8. The molecule has 1 amide bonds. The highest BCUT2D eigenvalue weighted by Gasteiger charge is 2.15. The molecule has 5 nitrogen and oxygen atoms in total. The topological polar surface area (TPSA) is 62.4 Å². The molecule has 0 spiro atoms. The summed E-state index contributed by atoms with van der Waals surface area (Å²) in [6.07, 6.45) is 4.68. The molecule has 0 aromatic heterocycles. The maximum absolute atomic E-state index is 11.8. The minimum absolute atomic E-state index is 0.0949. The predicted octanol–water partition coefficient (Wildman–Crippen LogP) is 2.77. The molecule has 1 saturated carbocycles. The molecular formula is C16H22ClN3O2S. The fourth-order valence-electron chi connectivity index (χ4n) is 2.72. The van der Waals surface area contributed by atoms with Crippen LogP contribution in [0, 0.1) is 13.8 Å². The average molecular weight is 356 g/mol. The third-order valence-corrected chi connectivity index (χ3v) is 4.22. The van der Waals surface area contributed by atoms with Gasteiger partial charge in [-0.2, -0.15) is 0 Å². The summed E-state index contributed by atoms with van der Waals surface area (Å²) in [6, 6.07) is 4.02. The van der Waals surface area contributed by atoms with Gasteiger partial charge in [0.25, 0.3) is 5.91 Å². The fourth-order valence-corrected chi connectivity index (χ4v) is 3.26. The summed E-state index contributed by atoms with van der Waals surface area (Å²) in [5, 5.41) is 4.27. The summed E-state index contributed by atoms with van der Waals surface area (Å²) in [5.41, 5.74) is 7.03. The van der Waals surface area contributed by atoms with E-state index >= 15 is 0 Å². The Kier molecular flexibility index (Phi) is 6.47. The molecule has 1 aromatic carbocycles. The molecule has 1 aliphatic rings. The van der Waals surface area contributed by atoms with Crippen molar-refractivity contribution in [3.63, 3.8) is 0 Å². The largest absolute Gasteiger partial charge is 0.483 e. The van der Waals surface area contributed by atoms with Gasteiger partial charge in [0, 0.05) is 11.1 Å². The molecule has 0 heterocycles. The molecular weight excluding hydrogens is 334 g/mol. The van der Waals surface area contributed by atoms with Gasteiger partial charge in [-0.1, -0.05) is 24.4 Å². The predicted molar refractivity (Wildman–Crippen MR) is 95.7 cm³/mol. The molecule has 7 heteroatoms. The van der Waals surface area contributed by atoms with E-state index in [4.69, 9.17) is 28.6 Å². The van der Waals surface area contributed by atoms with Crippen LogP contribution in [0.5, 0.6) is 5.75 Å². The molecule has 3 N–H and O–H groups in total. The molecule has 1 aromatic rings. The van der Waals surface area contributed by atoms with E-state index < -0.39 is 0 Å². The van der Waals surface area contributed by atoms with Crippen molar-refractivity contribution in [3.05, 3.63) is 28.3 Å². The molecule has 1 fully saturated rings. The van der Waals surface area contributed by atoms with Gasteiger partial charge in [-0.15, -0.1) is 0 Å². The second-order valence-electron chi connectivity index (χ2n) is 5.79. The Morgan fingerprint density at radius 2 is 1.87 bits per heavy atom. The number of hydrazine groups is 1. The van der Waals surface area contributed by atoms with Gasteiger partial charge in [0.1, 0.15) is 5.75 Å². The van der Waals surface area contributed by atoms with Crippen LogP contribution in [-0.4, -0.2) is 23.7 Å². The van der Waals surface area contributed by atoms with Crippen LogP contribution in [0.15, 0.2) is 12.1 Å². The molecule has 2 rings (SSSR count). The fraction of sp³-hybridized carbons (Fsp3) is 0.500. The molecule has 0 saturated heterocycles. The first-order valence-corrected chi connectivity index (χ1v) is 8.49. The summed E-state index contributed by atoms with van der Waals surface area (Å²) < 4.78 is 5.58. The Hall–Kier alpha value is -1.53. The highest BCUT2D eigenvalue weighted by atomic mass is 35.5. The number of carbonyl (C=O) groups excluding carboxylic acids is 1. The van der Waals surface area contributed by atoms with Crippen molar-refractivity contribution in [1.82, 2.24) is 16.2 Å². The van der Waals surface area contributed by atoms with Gasteiger partial charge in [0.2, 0.25) is 0 Å². The number of rotatable bonds is 4. The SMILES string of the molecule is Cc1cc(Cl)cc(C)c1OCC(=O)NNC(=S)NC1CCCC1. The average Bonchev–Trinajstić information content (AvgIpc) is 2.96. The Labute approximate surface area is 147 Å². The quantitative estimate of drug-likeness (QED) is 0.572. The van der Waals surface area contributed by atoms with Crippen LogP contribution in [0.3, 0.4) is 0 Å². The van der Waals surface area contributed by atoms with Gasteiger partial charge in [0.15, 0.2) is 11.7 Å². The summed E-state index contributed by atoms with van der Waals surface area (Å²) in [6.45, 7) is 3.69. The molecule has 1 aliphatic carbocycles. The Bertz CT molecular complexity index is 566. The van der Waals surface area contributed by atoms with Crippen LogP contribution >= 0.6 is 23.8 Å². The first-order valence-electron chi connectivity index (χ1n) is 7.70. The Morgan fingerprint density at radius 1 is 1.26 bits per heavy atom. The van der Waals surface area contributed by atoms with Crippen LogP contribution in [0.2, 0.25) is 5.02 Å². The number of thiocarbonyl (C=S) groups is 1. The summed E-state index contributed by atoms with van der Waals surface area (Å²) in [4.78, 5) is 11.8. The monoisotopic (exact) mass is 355 g/mol. The first-order chi connectivity index (χ1) is 11.0. The van der Waals surface area contributed by atoms with Crippen molar-refractivity contribution in [2.24, 2.45) is 0 Å². The highest BCUT2D eigenvalue weighted by molar-refractivity contribution is 7.80. The second kappa shape index (κ2) is 8.36. The van der Waals surface area contributed by atoms with Gasteiger partial charge in [0.05, 0.1) is 0 Å². The normalized spacial score (nSPS) is 14.4. The second-order valence-corrected chi connectivity index (χ2v) is 6.63. The number of aryl methyl sites for hydroxylation is 2. The Morgan fingerprint density at radius 3 is 2.48 bits per heavy atom. The van der Waals surface area contributed by atoms with Gasteiger partial charge < -0.3 is 10.1 Å². The maximum Gasteiger partial charge on any atom is 0.276 e. The highest BCUT2D eigenvalue weighted by Crippen LogP contribution is 2.26. The van der Waals surface area contributed by atoms with E-state index in [1.165, 1.54) is 12.8 Å². The third-order valence-electron chi connectivity index (χ3n) is 3.78. The van der Waals surface area contributed by atoms with Crippen molar-refractivity contribution >= 4 is 34.8 Å². The molecule has 0 atom stereocenters. The van der Waals surface area contributed by atoms with E-state index in [9.17, 15) is 4.79 Å². The van der Waals surface area contributed by atoms with Crippen molar-refractivity contribution in [2.45, 2.75) is 45.6 Å². The zero-order valence-electron chi connectivity index (χ0n) is 13.4. The number of benzene rings is 1. The number of carbonyl (C=O) groups is 1. The van der Waals surface area contributed by atoms with E-state index in [-0.39, 0.29) is 12.5 Å². The number of halogens is 1. The van der Waals surface area contributed by atoms with Gasteiger partial charge in [-0.25, -0.2) is 0 Å². The van der Waals surface area contributed by atoms with Crippen LogP contribution in [0.25, 0.3) is 0 Å². The molecule has 0 radical (unpaired) electrons. The minimum atomic E-state index is -0.297. The van der Waals surface area contributed by atoms with Crippen LogP contribution in [-0.2, 0) is 4.79 Å². The van der Waals surface area contributed by atoms with E-state index in [1.54, 1.807) is 12.1 Å². The molecule has 23 heavy (non-hydrogen) atoms. The van der Waals surface area contributed by atoms with Gasteiger partial charge in [-0.05, 0) is 62.2 Å². The van der Waals surface area contributed by atoms with Gasteiger partial charge in [-0.3, -0.25) is 15.6 Å². The lowest BCUT2D eigenvalue weighted by Crippen LogP contribution is -2.50. The van der Waals surface area contributed by atoms with Crippen LogP contribution < -0.4 is 20.9 Å². The molecule has 0 aliphatic heterocycles. The van der Waals surface area contributed by atoms with E-state index in [0.717, 1.165) is 24.0 Å². The molecule has 0 unspecified atom stereocenters. The number of hydrogen-bond acceptors (Lipinski definition) is 3. The van der Waals surface area contributed by atoms with Gasteiger partial charge >= 0.3 is 0 Å². The summed E-state index contributed by atoms with van der Waals surface area (Å²) >= 11 is 11.1. The zero-order chi connectivity index (χ0) is 16.8. The van der Waals surface area contributed by atoms with Crippen molar-refractivity contribution in [3.8, 4) is 5.75 Å². The van der Waals surface area contributed by atoms with E-state index in [0.29, 0.717) is 21.9 Å². The maximum atomic E-state index is 11.8. The number of nitrogens with one attached hydrogen (secondary N) is 3. The smallest absolute Gasteiger partial charge is 0.276 e. The standard InChI is InChI=1S/C16H22ClN3O2S/c1-10-7-12(17)8-11(2)15(10)22-9-14(21)19-20-16(23)18-13-5-3-4-6-13/h7-8,13H,3-6,9H2,1-2H3,(H,19,21)(H2,18,20,23). The van der Waals surface area contributed by atoms with E-state index in [2.05, 4.69) is 16.2 Å². The summed E-state index contributed by atoms with van der Waals surface area (Å²) in [5.74, 6) is 0.380. The van der Waals surface area contributed by atoms with Crippen LogP contribution in [0.1, 0.15) is 36.8 Å². The number of amides is 1. The molecule has 0 bridgehead atoms. The lowest BCUT2D eigenvalue weighted by molar-refractivity contribution is -0.123. The van der Waals surface area contributed by atoms with Crippen molar-refractivity contribution in [1.29, 1.82) is 0 Å². The minimum Gasteiger partial charge on any atom is -0.483 e. The van der Waals surface area contributed by atoms with Crippen molar-refractivity contribution in [2.75, 3.05) is 6.61 Å². The lowest BCUT2D eigenvalue weighted by Gasteiger charge is -2.16.